The Morgan fingerprint density at radius 1 is 1.33 bits per heavy atom. The molecule has 6 heteroatoms. The van der Waals surface area contributed by atoms with Gasteiger partial charge in [0.2, 0.25) is 0 Å². The summed E-state index contributed by atoms with van der Waals surface area (Å²) in [6, 6.07) is 6.82. The molecule has 0 aliphatic heterocycles. The van der Waals surface area contributed by atoms with Crippen molar-refractivity contribution in [1.29, 1.82) is 0 Å². The summed E-state index contributed by atoms with van der Waals surface area (Å²) in [5.41, 5.74) is 1.05. The number of hydrogen-bond donors (Lipinski definition) is 0. The highest BCUT2D eigenvalue weighted by molar-refractivity contribution is 5.84. The van der Waals surface area contributed by atoms with E-state index >= 15 is 0 Å². The van der Waals surface area contributed by atoms with Crippen molar-refractivity contribution >= 4 is 11.0 Å². The largest absolute Gasteiger partial charge is 0.496 e. The smallest absolute Gasteiger partial charge is 0.336 e. The minimum Gasteiger partial charge on any atom is -0.496 e. The van der Waals surface area contributed by atoms with Crippen LogP contribution >= 0.6 is 0 Å². The molecule has 0 fully saturated rings. The summed E-state index contributed by atoms with van der Waals surface area (Å²) in [7, 11) is 3.44. The van der Waals surface area contributed by atoms with E-state index in [-0.39, 0.29) is 5.63 Å². The van der Waals surface area contributed by atoms with E-state index in [9.17, 15) is 4.79 Å². The summed E-state index contributed by atoms with van der Waals surface area (Å²) in [5, 5.41) is 5.10. The van der Waals surface area contributed by atoms with Crippen LogP contribution < -0.4 is 10.4 Å². The Bertz CT molecular complexity index is 845. The van der Waals surface area contributed by atoms with Gasteiger partial charge in [-0.2, -0.15) is 5.10 Å². The van der Waals surface area contributed by atoms with Gasteiger partial charge in [-0.3, -0.25) is 4.68 Å². The number of methoxy groups -OCH3 is 1. The Kier molecular flexibility index (Phi) is 3.21. The summed E-state index contributed by atoms with van der Waals surface area (Å²) in [5.74, 6) is 2.23. The standard InChI is InChI=1S/C15H15N3O3/c1-9-16-14(17-18(9)2)8-10-6-12(20-3)11-4-5-15(19)21-13(11)7-10/h4-7H,8H2,1-3H3. The topological polar surface area (TPSA) is 70.2 Å². The maximum Gasteiger partial charge on any atom is 0.336 e. The van der Waals surface area contributed by atoms with Gasteiger partial charge in [-0.15, -0.1) is 0 Å². The molecule has 0 saturated carbocycles. The zero-order valence-corrected chi connectivity index (χ0v) is 12.1. The first kappa shape index (κ1) is 13.4. The van der Waals surface area contributed by atoms with Crippen LogP contribution in [0, 0.1) is 6.92 Å². The molecule has 0 spiro atoms. The third kappa shape index (κ3) is 2.52. The molecule has 0 N–H and O–H groups in total. The quantitative estimate of drug-likeness (QED) is 0.687. The van der Waals surface area contributed by atoms with Crippen LogP contribution in [0.1, 0.15) is 17.2 Å². The maximum atomic E-state index is 11.4. The van der Waals surface area contributed by atoms with Gasteiger partial charge >= 0.3 is 5.63 Å². The van der Waals surface area contributed by atoms with Crippen LogP contribution in [-0.2, 0) is 13.5 Å². The lowest BCUT2D eigenvalue weighted by Crippen LogP contribution is -1.98. The van der Waals surface area contributed by atoms with Crippen molar-refractivity contribution in [2.75, 3.05) is 7.11 Å². The summed E-state index contributed by atoms with van der Waals surface area (Å²) < 4.78 is 12.3. The van der Waals surface area contributed by atoms with Crippen LogP contribution in [0.4, 0.5) is 0 Å². The van der Waals surface area contributed by atoms with Crippen molar-refractivity contribution in [2.45, 2.75) is 13.3 Å². The fraction of sp³-hybridized carbons (Fsp3) is 0.267. The molecule has 1 aromatic carbocycles. The molecule has 3 rings (SSSR count). The van der Waals surface area contributed by atoms with Crippen LogP contribution in [-0.4, -0.2) is 21.9 Å². The minimum atomic E-state index is -0.381. The van der Waals surface area contributed by atoms with Crippen molar-refractivity contribution in [3.05, 3.63) is 51.9 Å². The van der Waals surface area contributed by atoms with E-state index in [4.69, 9.17) is 9.15 Å². The van der Waals surface area contributed by atoms with E-state index in [0.717, 1.165) is 22.6 Å². The number of benzene rings is 1. The van der Waals surface area contributed by atoms with Gasteiger partial charge in [0.1, 0.15) is 17.2 Å². The summed E-state index contributed by atoms with van der Waals surface area (Å²) in [6.45, 7) is 1.90. The molecule has 0 bridgehead atoms. The van der Waals surface area contributed by atoms with Crippen LogP contribution in [0.5, 0.6) is 5.75 Å². The molecule has 108 valence electrons. The minimum absolute atomic E-state index is 0.381. The van der Waals surface area contributed by atoms with Gasteiger partial charge in [0.05, 0.1) is 12.5 Å². The molecule has 0 aliphatic carbocycles. The first-order valence-corrected chi connectivity index (χ1v) is 6.54. The molecule has 0 radical (unpaired) electrons. The van der Waals surface area contributed by atoms with Gasteiger partial charge in [-0.25, -0.2) is 9.78 Å². The predicted molar refractivity (Wildman–Crippen MR) is 77.6 cm³/mol. The van der Waals surface area contributed by atoms with Gasteiger partial charge in [0, 0.05) is 19.5 Å². The van der Waals surface area contributed by atoms with Crippen molar-refractivity contribution in [3.63, 3.8) is 0 Å². The van der Waals surface area contributed by atoms with Crippen molar-refractivity contribution in [3.8, 4) is 5.75 Å². The molecule has 6 nitrogen and oxygen atoms in total. The number of aromatic nitrogens is 3. The number of rotatable bonds is 3. The summed E-state index contributed by atoms with van der Waals surface area (Å²) >= 11 is 0. The molecule has 2 aromatic heterocycles. The van der Waals surface area contributed by atoms with Crippen LogP contribution in [0.3, 0.4) is 0 Å². The molecule has 21 heavy (non-hydrogen) atoms. The summed E-state index contributed by atoms with van der Waals surface area (Å²) in [4.78, 5) is 15.7. The second kappa shape index (κ2) is 5.05. The lowest BCUT2D eigenvalue weighted by Gasteiger charge is -2.07. The SMILES string of the molecule is COc1cc(Cc2nc(C)n(C)n2)cc2oc(=O)ccc12. The average molecular weight is 285 g/mol. The molecular formula is C15H15N3O3. The third-order valence-corrected chi connectivity index (χ3v) is 3.37. The number of aryl methyl sites for hydroxylation is 2. The molecular weight excluding hydrogens is 270 g/mol. The second-order valence-corrected chi connectivity index (χ2v) is 4.84. The van der Waals surface area contributed by atoms with Gasteiger partial charge < -0.3 is 9.15 Å². The fourth-order valence-electron chi connectivity index (χ4n) is 2.25. The number of fused-ring (bicyclic) bond motifs is 1. The number of hydrogen-bond acceptors (Lipinski definition) is 5. The average Bonchev–Trinajstić information content (AvgIpc) is 2.75. The molecule has 0 saturated heterocycles. The first-order chi connectivity index (χ1) is 10.1. The lowest BCUT2D eigenvalue weighted by atomic mass is 10.1. The highest BCUT2D eigenvalue weighted by Crippen LogP contribution is 2.27. The Balaban J connectivity index is 2.08. The van der Waals surface area contributed by atoms with Crippen molar-refractivity contribution in [2.24, 2.45) is 7.05 Å². The van der Waals surface area contributed by atoms with Crippen LogP contribution in [0.2, 0.25) is 0 Å². The lowest BCUT2D eigenvalue weighted by molar-refractivity contribution is 0.418. The second-order valence-electron chi connectivity index (χ2n) is 4.84. The molecule has 2 heterocycles. The Hall–Kier alpha value is -2.63. The Labute approximate surface area is 121 Å². The molecule has 0 aliphatic rings. The monoisotopic (exact) mass is 285 g/mol. The van der Waals surface area contributed by atoms with E-state index in [2.05, 4.69) is 10.1 Å². The zero-order valence-electron chi connectivity index (χ0n) is 12.1. The van der Waals surface area contributed by atoms with Crippen molar-refractivity contribution in [1.82, 2.24) is 14.8 Å². The van der Waals surface area contributed by atoms with Gasteiger partial charge in [-0.1, -0.05) is 0 Å². The van der Waals surface area contributed by atoms with Crippen molar-refractivity contribution < 1.29 is 9.15 Å². The molecule has 0 amide bonds. The predicted octanol–water partition coefficient (Wildman–Crippen LogP) is 1.83. The van der Waals surface area contributed by atoms with Crippen LogP contribution in [0.25, 0.3) is 11.0 Å². The Morgan fingerprint density at radius 2 is 2.14 bits per heavy atom. The van der Waals surface area contributed by atoms with Crippen LogP contribution in [0.15, 0.2) is 33.5 Å². The molecule has 0 unspecified atom stereocenters. The third-order valence-electron chi connectivity index (χ3n) is 3.37. The van der Waals surface area contributed by atoms with E-state index in [1.165, 1.54) is 6.07 Å². The highest BCUT2D eigenvalue weighted by Gasteiger charge is 2.10. The number of nitrogens with zero attached hydrogens (tertiary/aromatic N) is 3. The fourth-order valence-corrected chi connectivity index (χ4v) is 2.25. The van der Waals surface area contributed by atoms with Gasteiger partial charge in [-0.05, 0) is 30.7 Å². The molecule has 3 aromatic rings. The van der Waals surface area contributed by atoms with E-state index in [1.54, 1.807) is 17.9 Å². The summed E-state index contributed by atoms with van der Waals surface area (Å²) in [6.07, 6.45) is 0.548. The van der Waals surface area contributed by atoms with E-state index in [0.29, 0.717) is 17.8 Å². The normalized spacial score (nSPS) is 11.0. The zero-order chi connectivity index (χ0) is 15.0. The highest BCUT2D eigenvalue weighted by atomic mass is 16.5. The van der Waals surface area contributed by atoms with E-state index < -0.39 is 0 Å². The van der Waals surface area contributed by atoms with E-state index in [1.807, 2.05) is 26.1 Å². The first-order valence-electron chi connectivity index (χ1n) is 6.54. The Morgan fingerprint density at radius 3 is 2.81 bits per heavy atom. The van der Waals surface area contributed by atoms with Gasteiger partial charge in [0.15, 0.2) is 5.82 Å². The van der Waals surface area contributed by atoms with Gasteiger partial charge in [0.25, 0.3) is 0 Å². The molecule has 0 atom stereocenters. The number of ether oxygens (including phenoxy) is 1. The maximum absolute atomic E-state index is 11.4.